The maximum Gasteiger partial charge on any atom is 0.416 e. The Morgan fingerprint density at radius 1 is 0.956 bits per heavy atom. The van der Waals surface area contributed by atoms with Crippen LogP contribution in [0.4, 0.5) is 18.9 Å². The van der Waals surface area contributed by atoms with E-state index < -0.39 is 34.0 Å². The van der Waals surface area contributed by atoms with E-state index in [1.54, 1.807) is 12.1 Å². The molecule has 0 atom stereocenters. The third-order valence-electron chi connectivity index (χ3n) is 8.51. The Hall–Kier alpha value is -2.99. The number of nitro benzene ring substituents is 1. The second kappa shape index (κ2) is 11.7. The van der Waals surface area contributed by atoms with E-state index in [1.807, 2.05) is 34.6 Å². The van der Waals surface area contributed by atoms with Crippen LogP contribution >= 0.6 is 31.9 Å². The van der Waals surface area contributed by atoms with E-state index >= 15 is 0 Å². The molecular formula is C33H33Br2F3N2O5. The number of rotatable bonds is 6. The summed E-state index contributed by atoms with van der Waals surface area (Å²) >= 11 is 7.01. The number of ether oxygens (including phenoxy) is 1. The van der Waals surface area contributed by atoms with Crippen molar-refractivity contribution in [2.45, 2.75) is 78.8 Å². The van der Waals surface area contributed by atoms with Crippen molar-refractivity contribution in [2.24, 2.45) is 10.8 Å². The molecule has 1 heterocycles. The lowest BCUT2D eigenvalue weighted by Crippen LogP contribution is -2.44. The fourth-order valence-corrected chi connectivity index (χ4v) is 8.13. The second-order valence-electron chi connectivity index (χ2n) is 13.5. The van der Waals surface area contributed by atoms with Crippen LogP contribution in [0.5, 0.6) is 11.5 Å². The van der Waals surface area contributed by atoms with Crippen molar-refractivity contribution < 1.29 is 32.4 Å². The summed E-state index contributed by atoms with van der Waals surface area (Å²) in [5.74, 6) is -1.37. The van der Waals surface area contributed by atoms with Crippen LogP contribution in [-0.4, -0.2) is 27.9 Å². The molecule has 2 aromatic carbocycles. The number of hydrogen-bond donors (Lipinski definition) is 0. The summed E-state index contributed by atoms with van der Waals surface area (Å²) in [4.78, 5) is 41.4. The molecule has 7 nitrogen and oxygen atoms in total. The van der Waals surface area contributed by atoms with Crippen molar-refractivity contribution in [2.75, 3.05) is 6.54 Å². The highest BCUT2D eigenvalue weighted by molar-refractivity contribution is 9.11. The average molecular weight is 754 g/mol. The summed E-state index contributed by atoms with van der Waals surface area (Å²) < 4.78 is 47.4. The van der Waals surface area contributed by atoms with Gasteiger partial charge in [0.1, 0.15) is 5.75 Å². The molecule has 0 fully saturated rings. The number of nitro groups is 1. The number of allylic oxidation sites excluding steroid dienone is 4. The summed E-state index contributed by atoms with van der Waals surface area (Å²) in [5, 5.41) is 11.9. The zero-order valence-electron chi connectivity index (χ0n) is 25.5. The molecule has 12 heteroatoms. The minimum absolute atomic E-state index is 0.0731. The van der Waals surface area contributed by atoms with Crippen molar-refractivity contribution in [1.29, 1.82) is 0 Å². The van der Waals surface area contributed by atoms with E-state index in [4.69, 9.17) is 4.74 Å². The zero-order valence-corrected chi connectivity index (χ0v) is 28.7. The molecule has 0 saturated heterocycles. The summed E-state index contributed by atoms with van der Waals surface area (Å²) in [6, 6.07) is 5.43. The van der Waals surface area contributed by atoms with Crippen LogP contribution in [0.3, 0.4) is 0 Å². The molecule has 1 aliphatic heterocycles. The fraction of sp³-hybridized carbons (Fsp3) is 0.455. The Balaban J connectivity index is 1.79. The molecular weight excluding hydrogens is 721 g/mol. The highest BCUT2D eigenvalue weighted by atomic mass is 79.9. The second-order valence-corrected chi connectivity index (χ2v) is 15.3. The molecule has 0 bridgehead atoms. The van der Waals surface area contributed by atoms with Crippen molar-refractivity contribution in [1.82, 2.24) is 4.90 Å². The number of halogens is 5. The maximum atomic E-state index is 14.1. The Bertz CT molecular complexity index is 1640. The van der Waals surface area contributed by atoms with Crippen molar-refractivity contribution in [3.05, 3.63) is 83.1 Å². The van der Waals surface area contributed by atoms with E-state index in [0.717, 1.165) is 29.9 Å². The Labute approximate surface area is 276 Å². The molecule has 5 rings (SSSR count). The van der Waals surface area contributed by atoms with Gasteiger partial charge in [0.05, 0.1) is 15.0 Å². The molecule has 2 aromatic rings. The molecule has 0 spiro atoms. The highest BCUT2D eigenvalue weighted by Gasteiger charge is 2.49. The standard InChI is InChI=1S/C33H33Br2F3N2O5/c1-6-9-39-22-13-31(2,3)15-24(41)28(22)27(29-23(39)14-32(4,5)16-25(29)42)19-11-18(34)12-20(35)30(19)45-26-8-7-17(33(36,37)38)10-21(26)40(43)44/h7-8,10-12,27H,6,9,13-16H2,1-5H3. The summed E-state index contributed by atoms with van der Waals surface area (Å²) in [6.45, 7) is 10.8. The average Bonchev–Trinajstić information content (AvgIpc) is 2.89. The van der Waals surface area contributed by atoms with Crippen molar-refractivity contribution >= 4 is 49.1 Å². The number of carbonyl (C=O) groups is 2. The van der Waals surface area contributed by atoms with Gasteiger partial charge in [-0.2, -0.15) is 13.2 Å². The topological polar surface area (TPSA) is 89.8 Å². The molecule has 2 aliphatic carbocycles. The Morgan fingerprint density at radius 2 is 1.51 bits per heavy atom. The largest absolute Gasteiger partial charge is 0.449 e. The smallest absolute Gasteiger partial charge is 0.416 e. The maximum absolute atomic E-state index is 14.1. The first-order valence-electron chi connectivity index (χ1n) is 14.7. The molecule has 0 N–H and O–H groups in total. The quantitative estimate of drug-likeness (QED) is 0.216. The van der Waals surface area contributed by atoms with Gasteiger partial charge in [0, 0.05) is 63.9 Å². The van der Waals surface area contributed by atoms with E-state index in [0.29, 0.717) is 51.1 Å². The first-order valence-corrected chi connectivity index (χ1v) is 16.2. The first kappa shape index (κ1) is 33.4. The van der Waals surface area contributed by atoms with Crippen LogP contribution < -0.4 is 4.74 Å². The fourth-order valence-electron chi connectivity index (χ4n) is 6.79. The molecule has 45 heavy (non-hydrogen) atoms. The lowest BCUT2D eigenvalue weighted by Gasteiger charge is -2.49. The molecule has 3 aliphatic rings. The number of carbonyl (C=O) groups excluding carboxylic acids is 2. The molecule has 240 valence electrons. The summed E-state index contributed by atoms with van der Waals surface area (Å²) in [6.07, 6.45) is -2.27. The monoisotopic (exact) mass is 752 g/mol. The van der Waals surface area contributed by atoms with Crippen LogP contribution in [0.15, 0.2) is 61.8 Å². The number of ketones is 2. The van der Waals surface area contributed by atoms with Gasteiger partial charge in [-0.15, -0.1) is 0 Å². The van der Waals surface area contributed by atoms with Gasteiger partial charge in [-0.3, -0.25) is 19.7 Å². The van der Waals surface area contributed by atoms with Gasteiger partial charge in [0.2, 0.25) is 5.75 Å². The SMILES string of the molecule is CCCN1C2=C(C(=O)CC(C)(C)C2)C(c2cc(Br)cc(Br)c2Oc2ccc(C(F)(F)F)cc2[N+](=O)[O-])C2=C1CC(C)(C)CC2=O. The third-order valence-corrected chi connectivity index (χ3v) is 9.56. The number of benzene rings is 2. The van der Waals surface area contributed by atoms with Gasteiger partial charge in [0.25, 0.3) is 0 Å². The number of nitrogens with zero attached hydrogens (tertiary/aromatic N) is 2. The van der Waals surface area contributed by atoms with Gasteiger partial charge in [-0.25, -0.2) is 0 Å². The number of alkyl halides is 3. The van der Waals surface area contributed by atoms with Gasteiger partial charge in [-0.1, -0.05) is 50.5 Å². The van der Waals surface area contributed by atoms with Crippen molar-refractivity contribution in [3.8, 4) is 11.5 Å². The minimum atomic E-state index is -4.80. The normalized spacial score (nSPS) is 19.9. The highest BCUT2D eigenvalue weighted by Crippen LogP contribution is 2.57. The van der Waals surface area contributed by atoms with Gasteiger partial charge in [-0.05, 0) is 70.3 Å². The number of hydrogen-bond acceptors (Lipinski definition) is 6. The van der Waals surface area contributed by atoms with E-state index in [1.165, 1.54) is 0 Å². The van der Waals surface area contributed by atoms with Crippen molar-refractivity contribution in [3.63, 3.8) is 0 Å². The van der Waals surface area contributed by atoms with E-state index in [-0.39, 0.29) is 41.0 Å². The van der Waals surface area contributed by atoms with E-state index in [9.17, 15) is 32.9 Å². The Morgan fingerprint density at radius 3 is 2.00 bits per heavy atom. The van der Waals surface area contributed by atoms with Gasteiger partial charge >= 0.3 is 11.9 Å². The predicted octanol–water partition coefficient (Wildman–Crippen LogP) is 10.0. The minimum Gasteiger partial charge on any atom is -0.449 e. The van der Waals surface area contributed by atoms with Crippen LogP contribution in [0.25, 0.3) is 0 Å². The molecule has 0 unspecified atom stereocenters. The van der Waals surface area contributed by atoms with Gasteiger partial charge in [0.15, 0.2) is 11.6 Å². The molecule has 0 radical (unpaired) electrons. The van der Waals surface area contributed by atoms with Gasteiger partial charge < -0.3 is 9.64 Å². The molecule has 0 aromatic heterocycles. The van der Waals surface area contributed by atoms with Crippen LogP contribution in [0.1, 0.15) is 83.8 Å². The van der Waals surface area contributed by atoms with Crippen LogP contribution in [-0.2, 0) is 15.8 Å². The predicted molar refractivity (Wildman–Crippen MR) is 170 cm³/mol. The Kier molecular flexibility index (Phi) is 8.65. The molecule has 0 amide bonds. The lowest BCUT2D eigenvalue weighted by molar-refractivity contribution is -0.385. The zero-order chi connectivity index (χ0) is 33.2. The van der Waals surface area contributed by atoms with Crippen LogP contribution in [0, 0.1) is 20.9 Å². The van der Waals surface area contributed by atoms with Crippen LogP contribution in [0.2, 0.25) is 0 Å². The number of Topliss-reactive ketones (excluding diaryl/α,β-unsaturated/α-hetero) is 2. The summed E-state index contributed by atoms with van der Waals surface area (Å²) in [7, 11) is 0. The van der Waals surface area contributed by atoms with E-state index in [2.05, 4.69) is 36.8 Å². The lowest BCUT2D eigenvalue weighted by atomic mass is 9.63. The first-order chi connectivity index (χ1) is 20.8. The third kappa shape index (κ3) is 6.37. The molecule has 0 saturated carbocycles. The summed E-state index contributed by atoms with van der Waals surface area (Å²) in [5.41, 5.74) is 0.405.